The zero-order valence-corrected chi connectivity index (χ0v) is 20.5. The van der Waals surface area contributed by atoms with E-state index < -0.39 is 34.8 Å². The van der Waals surface area contributed by atoms with Gasteiger partial charge in [0.05, 0.1) is 17.4 Å². The fourth-order valence-electron chi connectivity index (χ4n) is 4.01. The van der Waals surface area contributed by atoms with E-state index in [4.69, 9.17) is 4.74 Å². The molecule has 0 aliphatic carbocycles. The van der Waals surface area contributed by atoms with Crippen molar-refractivity contribution in [1.29, 1.82) is 0 Å². The smallest absolute Gasteiger partial charge is 0.421 e. The number of aryl methyl sites for hydroxylation is 1. The molecule has 0 bridgehead atoms. The van der Waals surface area contributed by atoms with Gasteiger partial charge < -0.3 is 9.30 Å². The van der Waals surface area contributed by atoms with Crippen LogP contribution in [-0.4, -0.2) is 14.5 Å². The molecule has 0 saturated carbocycles. The van der Waals surface area contributed by atoms with Crippen molar-refractivity contribution in [1.82, 2.24) is 14.5 Å². The van der Waals surface area contributed by atoms with Crippen molar-refractivity contribution in [3.05, 3.63) is 131 Å². The Morgan fingerprint density at radius 3 is 2.56 bits per heavy atom. The summed E-state index contributed by atoms with van der Waals surface area (Å²) in [7, 11) is 0. The predicted octanol–water partition coefficient (Wildman–Crippen LogP) is 7.16. The van der Waals surface area contributed by atoms with Crippen molar-refractivity contribution < 1.29 is 26.7 Å². The van der Waals surface area contributed by atoms with Crippen LogP contribution < -0.4 is 10.3 Å². The Bertz CT molecular complexity index is 1640. The van der Waals surface area contributed by atoms with Crippen LogP contribution in [0.3, 0.4) is 0 Å². The lowest BCUT2D eigenvalue weighted by Crippen LogP contribution is -2.20. The van der Waals surface area contributed by atoms with E-state index in [1.807, 2.05) is 0 Å². The minimum Gasteiger partial charge on any atom is -0.438 e. The minimum atomic E-state index is -4.70. The predicted molar refractivity (Wildman–Crippen MR) is 138 cm³/mol. The number of nitrogens with zero attached hydrogens (tertiary/aromatic N) is 3. The number of hydrogen-bond donors (Lipinski definition) is 0. The fraction of sp³-hybridized carbons (Fsp3) is 0.138. The van der Waals surface area contributed by atoms with Crippen LogP contribution in [0.1, 0.15) is 23.4 Å². The molecular formula is C29H22F5N3O2. The summed E-state index contributed by atoms with van der Waals surface area (Å²) in [5.41, 5.74) is -0.400. The molecule has 10 heteroatoms. The van der Waals surface area contributed by atoms with Gasteiger partial charge in [-0.25, -0.2) is 13.8 Å². The molecule has 39 heavy (non-hydrogen) atoms. The molecule has 2 heterocycles. The third-order valence-electron chi connectivity index (χ3n) is 5.90. The van der Waals surface area contributed by atoms with E-state index in [9.17, 15) is 26.7 Å². The maximum absolute atomic E-state index is 14.6. The van der Waals surface area contributed by atoms with Crippen molar-refractivity contribution in [2.24, 2.45) is 0 Å². The van der Waals surface area contributed by atoms with Crippen LogP contribution in [0, 0.1) is 11.6 Å². The third kappa shape index (κ3) is 6.28. The lowest BCUT2D eigenvalue weighted by molar-refractivity contribution is -0.138. The molecule has 0 atom stereocenters. The van der Waals surface area contributed by atoms with Crippen LogP contribution in [0.4, 0.5) is 22.0 Å². The molecule has 2 aromatic carbocycles. The van der Waals surface area contributed by atoms with E-state index in [-0.39, 0.29) is 29.7 Å². The highest BCUT2D eigenvalue weighted by Crippen LogP contribution is 2.37. The van der Waals surface area contributed by atoms with Crippen LogP contribution in [-0.2, 0) is 19.1 Å². The summed E-state index contributed by atoms with van der Waals surface area (Å²) in [4.78, 5) is 20.9. The Morgan fingerprint density at radius 1 is 1.08 bits per heavy atom. The average molecular weight is 540 g/mol. The van der Waals surface area contributed by atoms with Gasteiger partial charge in [0.15, 0.2) is 0 Å². The first-order chi connectivity index (χ1) is 18.6. The van der Waals surface area contributed by atoms with Crippen molar-refractivity contribution in [2.75, 3.05) is 0 Å². The van der Waals surface area contributed by atoms with Gasteiger partial charge in [-0.3, -0.25) is 4.79 Å². The first-order valence-electron chi connectivity index (χ1n) is 11.7. The lowest BCUT2D eigenvalue weighted by Gasteiger charge is -2.18. The second-order valence-electron chi connectivity index (χ2n) is 8.47. The van der Waals surface area contributed by atoms with Crippen molar-refractivity contribution in [2.45, 2.75) is 25.6 Å². The van der Waals surface area contributed by atoms with Gasteiger partial charge in [-0.2, -0.15) is 18.2 Å². The normalized spacial score (nSPS) is 12.0. The number of fused-ring (bicyclic) bond motifs is 1. The highest BCUT2D eigenvalue weighted by molar-refractivity contribution is 5.80. The summed E-state index contributed by atoms with van der Waals surface area (Å²) in [6.07, 6.45) is 2.17. The molecule has 4 rings (SSSR count). The first kappa shape index (κ1) is 27.4. The second-order valence-corrected chi connectivity index (χ2v) is 8.47. The number of rotatable bonds is 9. The Kier molecular flexibility index (Phi) is 8.04. The summed E-state index contributed by atoms with van der Waals surface area (Å²) in [5, 5.41) is 0.0360. The van der Waals surface area contributed by atoms with Crippen molar-refractivity contribution in [3.8, 4) is 11.6 Å². The SMILES string of the molecule is C=C/C=C(\C=C)CCc1nc(=O)c2cc(Oc3ncccc3C(F)(F)F)ccc2n1Cc1ccc(F)cc1F. The standard InChI is InChI=1S/C29H22F5N3O2/c1-3-6-18(4-2)8-13-26-36-27(38)22-16-21(39-28-23(29(32,33)34)7-5-14-35-28)11-12-25(22)37(26)17-19-9-10-20(30)15-24(19)31/h3-7,9-12,14-16H,1-2,8,13,17H2/b18-6+. The van der Waals surface area contributed by atoms with Gasteiger partial charge in [-0.15, -0.1) is 0 Å². The maximum atomic E-state index is 14.6. The molecule has 0 aliphatic heterocycles. The summed E-state index contributed by atoms with van der Waals surface area (Å²) in [6, 6.07) is 9.25. The first-order valence-corrected chi connectivity index (χ1v) is 11.7. The molecule has 200 valence electrons. The highest BCUT2D eigenvalue weighted by Gasteiger charge is 2.35. The number of allylic oxidation sites excluding steroid dienone is 4. The van der Waals surface area contributed by atoms with Gasteiger partial charge in [0.1, 0.15) is 28.8 Å². The van der Waals surface area contributed by atoms with Crippen LogP contribution in [0.15, 0.2) is 96.5 Å². The van der Waals surface area contributed by atoms with E-state index in [1.165, 1.54) is 24.3 Å². The van der Waals surface area contributed by atoms with Gasteiger partial charge in [0, 0.05) is 24.2 Å². The number of alkyl halides is 3. The number of aromatic nitrogens is 3. The lowest BCUT2D eigenvalue weighted by atomic mass is 10.1. The highest BCUT2D eigenvalue weighted by atomic mass is 19.4. The molecule has 0 amide bonds. The second kappa shape index (κ2) is 11.4. The number of halogens is 5. The van der Waals surface area contributed by atoms with Crippen LogP contribution >= 0.6 is 0 Å². The number of ether oxygens (including phenoxy) is 1. The van der Waals surface area contributed by atoms with Crippen LogP contribution in [0.2, 0.25) is 0 Å². The van der Waals surface area contributed by atoms with Crippen LogP contribution in [0.5, 0.6) is 11.6 Å². The Hall–Kier alpha value is -4.60. The van der Waals surface area contributed by atoms with Crippen molar-refractivity contribution in [3.63, 3.8) is 0 Å². The number of hydrogen-bond acceptors (Lipinski definition) is 4. The Morgan fingerprint density at radius 2 is 1.87 bits per heavy atom. The molecular weight excluding hydrogens is 517 g/mol. The van der Waals surface area contributed by atoms with E-state index >= 15 is 0 Å². The van der Waals surface area contributed by atoms with Gasteiger partial charge in [-0.1, -0.05) is 37.5 Å². The van der Waals surface area contributed by atoms with E-state index in [0.717, 1.165) is 36.0 Å². The largest absolute Gasteiger partial charge is 0.438 e. The summed E-state index contributed by atoms with van der Waals surface area (Å²) < 4.78 is 75.2. The third-order valence-corrected chi connectivity index (χ3v) is 5.90. The molecule has 0 saturated heterocycles. The van der Waals surface area contributed by atoms with Crippen molar-refractivity contribution >= 4 is 10.9 Å². The van der Waals surface area contributed by atoms with Gasteiger partial charge in [-0.05, 0) is 48.4 Å². The molecule has 5 nitrogen and oxygen atoms in total. The minimum absolute atomic E-state index is 0.0360. The maximum Gasteiger partial charge on any atom is 0.421 e. The number of benzene rings is 2. The Labute approximate surface area is 220 Å². The van der Waals surface area contributed by atoms with Crippen LogP contribution in [0.25, 0.3) is 10.9 Å². The average Bonchev–Trinajstić information content (AvgIpc) is 2.89. The zero-order chi connectivity index (χ0) is 28.2. The monoisotopic (exact) mass is 539 g/mol. The van der Waals surface area contributed by atoms with Gasteiger partial charge in [0.25, 0.3) is 5.56 Å². The molecule has 4 aromatic rings. The fourth-order valence-corrected chi connectivity index (χ4v) is 4.01. The summed E-state index contributed by atoms with van der Waals surface area (Å²) >= 11 is 0. The van der Waals surface area contributed by atoms with Gasteiger partial charge in [0.2, 0.25) is 5.88 Å². The summed E-state index contributed by atoms with van der Waals surface area (Å²) in [5.74, 6) is -1.93. The zero-order valence-electron chi connectivity index (χ0n) is 20.5. The molecule has 2 aromatic heterocycles. The Balaban J connectivity index is 1.81. The molecule has 0 fully saturated rings. The van der Waals surface area contributed by atoms with E-state index in [1.54, 1.807) is 22.8 Å². The number of pyridine rings is 1. The molecule has 0 spiro atoms. The topological polar surface area (TPSA) is 57.0 Å². The summed E-state index contributed by atoms with van der Waals surface area (Å²) in [6.45, 7) is 7.33. The quantitative estimate of drug-likeness (QED) is 0.167. The molecule has 0 unspecified atom stereocenters. The van der Waals surface area contributed by atoms with E-state index in [2.05, 4.69) is 23.1 Å². The van der Waals surface area contributed by atoms with Gasteiger partial charge >= 0.3 is 6.18 Å². The molecule has 0 aliphatic rings. The molecule has 0 N–H and O–H groups in total. The van der Waals surface area contributed by atoms with E-state index in [0.29, 0.717) is 17.8 Å². The molecule has 0 radical (unpaired) electrons.